The molecular formula is C28H34N2O7S. The third-order valence-corrected chi connectivity index (χ3v) is 7.88. The Kier molecular flexibility index (Phi) is 9.46. The summed E-state index contributed by atoms with van der Waals surface area (Å²) in [5, 5.41) is 2.96. The highest BCUT2D eigenvalue weighted by atomic mass is 32.2. The maximum atomic E-state index is 13.8. The Bertz CT molecular complexity index is 1360. The molecule has 0 fully saturated rings. The zero-order valence-electron chi connectivity index (χ0n) is 22.5. The number of hydrogen-bond donors (Lipinski definition) is 1. The minimum absolute atomic E-state index is 0.0320. The first-order valence-corrected chi connectivity index (χ1v) is 13.4. The number of hydrogen-bond acceptors (Lipinski definition) is 7. The second-order valence-electron chi connectivity index (χ2n) is 8.51. The summed E-state index contributed by atoms with van der Waals surface area (Å²) in [6, 6.07) is 16.3. The lowest BCUT2D eigenvalue weighted by Gasteiger charge is -2.26. The van der Waals surface area contributed by atoms with Gasteiger partial charge in [0.2, 0.25) is 5.91 Å². The van der Waals surface area contributed by atoms with Gasteiger partial charge in [0, 0.05) is 6.07 Å². The highest BCUT2D eigenvalue weighted by Gasteiger charge is 2.29. The molecule has 0 saturated heterocycles. The Balaban J connectivity index is 1.95. The number of amides is 1. The molecule has 204 valence electrons. The predicted octanol–water partition coefficient (Wildman–Crippen LogP) is 4.49. The van der Waals surface area contributed by atoms with E-state index in [1.165, 1.54) is 32.4 Å². The Morgan fingerprint density at radius 1 is 0.816 bits per heavy atom. The van der Waals surface area contributed by atoms with Crippen LogP contribution < -0.4 is 28.6 Å². The molecular weight excluding hydrogens is 508 g/mol. The number of ether oxygens (including phenoxy) is 4. The van der Waals surface area contributed by atoms with Gasteiger partial charge in [0.05, 0.1) is 45.1 Å². The molecule has 0 aliphatic heterocycles. The van der Waals surface area contributed by atoms with Crippen LogP contribution in [0.5, 0.6) is 23.0 Å². The molecule has 3 aromatic carbocycles. The van der Waals surface area contributed by atoms with Crippen LogP contribution in [0.3, 0.4) is 0 Å². The van der Waals surface area contributed by atoms with Gasteiger partial charge in [-0.2, -0.15) is 0 Å². The number of rotatable bonds is 12. The first-order valence-electron chi connectivity index (χ1n) is 12.0. The largest absolute Gasteiger partial charge is 0.493 e. The van der Waals surface area contributed by atoms with Crippen LogP contribution in [0.15, 0.2) is 65.6 Å². The van der Waals surface area contributed by atoms with Crippen molar-refractivity contribution in [2.75, 3.05) is 39.3 Å². The van der Waals surface area contributed by atoms with Gasteiger partial charge in [0.25, 0.3) is 10.0 Å². The number of methoxy groups -OCH3 is 4. The third-order valence-electron chi connectivity index (χ3n) is 6.11. The summed E-state index contributed by atoms with van der Waals surface area (Å²) in [6.45, 7) is 3.40. The number of carbonyl (C=O) groups excluding carboxylic acids is 1. The number of nitrogens with zero attached hydrogens (tertiary/aromatic N) is 1. The highest BCUT2D eigenvalue weighted by molar-refractivity contribution is 7.92. The summed E-state index contributed by atoms with van der Waals surface area (Å²) >= 11 is 0. The van der Waals surface area contributed by atoms with Crippen molar-refractivity contribution in [2.24, 2.45) is 0 Å². The lowest BCUT2D eigenvalue weighted by Crippen LogP contribution is -2.42. The third kappa shape index (κ3) is 6.31. The lowest BCUT2D eigenvalue weighted by molar-refractivity contribution is -0.120. The van der Waals surface area contributed by atoms with Crippen LogP contribution in [-0.2, 0) is 14.8 Å². The normalized spacial score (nSPS) is 11.8. The van der Waals surface area contributed by atoms with Crippen LogP contribution in [0.2, 0.25) is 0 Å². The molecule has 0 spiro atoms. The van der Waals surface area contributed by atoms with Gasteiger partial charge < -0.3 is 24.3 Å². The zero-order chi connectivity index (χ0) is 27.9. The summed E-state index contributed by atoms with van der Waals surface area (Å²) < 4.78 is 50.0. The number of sulfonamides is 1. The molecule has 1 N–H and O–H groups in total. The van der Waals surface area contributed by atoms with Crippen LogP contribution in [0, 0.1) is 6.92 Å². The van der Waals surface area contributed by atoms with Crippen molar-refractivity contribution >= 4 is 21.6 Å². The van der Waals surface area contributed by atoms with Crippen LogP contribution in [0.1, 0.15) is 30.5 Å². The average molecular weight is 543 g/mol. The van der Waals surface area contributed by atoms with Crippen molar-refractivity contribution < 1.29 is 32.2 Å². The van der Waals surface area contributed by atoms with Gasteiger partial charge in [-0.25, -0.2) is 8.42 Å². The molecule has 0 radical (unpaired) electrons. The summed E-state index contributed by atoms with van der Waals surface area (Å²) in [4.78, 5) is 13.3. The molecule has 0 aliphatic carbocycles. The fraction of sp³-hybridized carbons (Fsp3) is 0.321. The van der Waals surface area contributed by atoms with E-state index in [2.05, 4.69) is 5.32 Å². The van der Waals surface area contributed by atoms with Gasteiger partial charge in [0.15, 0.2) is 23.0 Å². The first-order chi connectivity index (χ1) is 18.2. The van der Waals surface area contributed by atoms with Crippen molar-refractivity contribution in [3.05, 3.63) is 71.8 Å². The number of benzene rings is 3. The van der Waals surface area contributed by atoms with Gasteiger partial charge in [-0.3, -0.25) is 9.10 Å². The van der Waals surface area contributed by atoms with E-state index in [4.69, 9.17) is 18.9 Å². The number of carbonyl (C=O) groups is 1. The van der Waals surface area contributed by atoms with E-state index in [0.29, 0.717) is 29.4 Å². The van der Waals surface area contributed by atoms with Gasteiger partial charge >= 0.3 is 0 Å². The van der Waals surface area contributed by atoms with Gasteiger partial charge in [-0.05, 0) is 55.3 Å². The fourth-order valence-corrected chi connectivity index (χ4v) is 5.43. The molecule has 0 heterocycles. The van der Waals surface area contributed by atoms with Gasteiger partial charge in [0.1, 0.15) is 6.54 Å². The first kappa shape index (κ1) is 28.6. The molecule has 38 heavy (non-hydrogen) atoms. The number of aryl methyl sites for hydroxylation is 1. The molecule has 1 atom stereocenters. The van der Waals surface area contributed by atoms with Crippen molar-refractivity contribution in [2.45, 2.75) is 31.2 Å². The quantitative estimate of drug-likeness (QED) is 0.360. The van der Waals surface area contributed by atoms with Crippen molar-refractivity contribution in [1.82, 2.24) is 5.32 Å². The monoisotopic (exact) mass is 542 g/mol. The Hall–Kier alpha value is -3.92. The van der Waals surface area contributed by atoms with E-state index < -0.39 is 22.5 Å². The van der Waals surface area contributed by atoms with Crippen LogP contribution in [0.25, 0.3) is 0 Å². The van der Waals surface area contributed by atoms with Crippen LogP contribution in [0.4, 0.5) is 5.69 Å². The molecule has 10 heteroatoms. The molecule has 0 saturated carbocycles. The Morgan fingerprint density at radius 2 is 1.37 bits per heavy atom. The Morgan fingerprint density at radius 3 is 1.92 bits per heavy atom. The standard InChI is InChI=1S/C28H34N2O7S/c1-7-23(20-10-14-24(34-3)26(16-20)36-5)29-28(31)18-30(21-11-8-19(2)9-12-21)38(32,33)22-13-15-25(35-4)27(17-22)37-6/h8-17,23H,7,18H2,1-6H3,(H,29,31). The summed E-state index contributed by atoms with van der Waals surface area (Å²) in [5.41, 5.74) is 2.13. The molecule has 9 nitrogen and oxygen atoms in total. The van der Waals surface area contributed by atoms with E-state index in [1.807, 2.05) is 19.9 Å². The van der Waals surface area contributed by atoms with E-state index in [0.717, 1.165) is 15.4 Å². The second-order valence-corrected chi connectivity index (χ2v) is 10.4. The molecule has 0 aromatic heterocycles. The smallest absolute Gasteiger partial charge is 0.264 e. The highest BCUT2D eigenvalue weighted by Crippen LogP contribution is 2.33. The molecule has 3 rings (SSSR count). The average Bonchev–Trinajstić information content (AvgIpc) is 2.94. The molecule has 1 amide bonds. The SMILES string of the molecule is CCC(NC(=O)CN(c1ccc(C)cc1)S(=O)(=O)c1ccc(OC)c(OC)c1)c1ccc(OC)c(OC)c1. The summed E-state index contributed by atoms with van der Waals surface area (Å²) in [5.74, 6) is 1.31. The summed E-state index contributed by atoms with van der Waals surface area (Å²) in [7, 11) is 1.84. The minimum atomic E-state index is -4.15. The number of anilines is 1. The zero-order valence-corrected chi connectivity index (χ0v) is 23.3. The number of nitrogens with one attached hydrogen (secondary N) is 1. The lowest BCUT2D eigenvalue weighted by atomic mass is 10.0. The Labute approximate surface area is 224 Å². The summed E-state index contributed by atoms with van der Waals surface area (Å²) in [6.07, 6.45) is 0.578. The van der Waals surface area contributed by atoms with E-state index in [-0.39, 0.29) is 16.7 Å². The maximum Gasteiger partial charge on any atom is 0.264 e. The van der Waals surface area contributed by atoms with Crippen LogP contribution >= 0.6 is 0 Å². The molecule has 0 aliphatic rings. The van der Waals surface area contributed by atoms with Crippen molar-refractivity contribution in [3.63, 3.8) is 0 Å². The molecule has 3 aromatic rings. The topological polar surface area (TPSA) is 103 Å². The van der Waals surface area contributed by atoms with E-state index in [1.54, 1.807) is 50.6 Å². The predicted molar refractivity (Wildman–Crippen MR) is 146 cm³/mol. The van der Waals surface area contributed by atoms with Crippen molar-refractivity contribution in [1.29, 1.82) is 0 Å². The van der Waals surface area contributed by atoms with Crippen molar-refractivity contribution in [3.8, 4) is 23.0 Å². The van der Waals surface area contributed by atoms with Gasteiger partial charge in [-0.1, -0.05) is 30.7 Å². The van der Waals surface area contributed by atoms with Gasteiger partial charge in [-0.15, -0.1) is 0 Å². The molecule has 0 bridgehead atoms. The second kappa shape index (κ2) is 12.6. The minimum Gasteiger partial charge on any atom is -0.493 e. The van der Waals surface area contributed by atoms with E-state index >= 15 is 0 Å². The van der Waals surface area contributed by atoms with Crippen LogP contribution in [-0.4, -0.2) is 49.3 Å². The fourth-order valence-electron chi connectivity index (χ4n) is 3.99. The molecule has 1 unspecified atom stereocenters. The van der Waals surface area contributed by atoms with E-state index in [9.17, 15) is 13.2 Å². The maximum absolute atomic E-state index is 13.8.